The van der Waals surface area contributed by atoms with Gasteiger partial charge < -0.3 is 9.73 Å². The topological polar surface area (TPSA) is 51.0 Å². The molecule has 1 aromatic heterocycles. The van der Waals surface area contributed by atoms with Crippen LogP contribution in [0.15, 0.2) is 57.4 Å². The van der Waals surface area contributed by atoms with E-state index >= 15 is 0 Å². The number of aryl methyl sites for hydroxylation is 1. The van der Waals surface area contributed by atoms with Crippen LogP contribution in [0.1, 0.15) is 11.5 Å². The molecule has 2 aromatic carbocycles. The van der Waals surface area contributed by atoms with Crippen molar-refractivity contribution in [3.05, 3.63) is 64.5 Å². The van der Waals surface area contributed by atoms with Crippen molar-refractivity contribution in [2.24, 2.45) is 0 Å². The second kappa shape index (κ2) is 6.10. The van der Waals surface area contributed by atoms with Gasteiger partial charge in [-0.15, -0.1) is 10.2 Å². The van der Waals surface area contributed by atoms with Crippen LogP contribution in [0.2, 0.25) is 0 Å². The second-order valence-electron chi connectivity index (χ2n) is 4.74. The van der Waals surface area contributed by atoms with E-state index in [1.54, 1.807) is 0 Å². The molecular weight excluding hydrogens is 330 g/mol. The molecule has 0 saturated heterocycles. The van der Waals surface area contributed by atoms with Crippen molar-refractivity contribution in [3.63, 3.8) is 0 Å². The van der Waals surface area contributed by atoms with Gasteiger partial charge in [0.05, 0.1) is 6.54 Å². The number of aromatic nitrogens is 2. The summed E-state index contributed by atoms with van der Waals surface area (Å²) in [6.45, 7) is 2.55. The molecule has 0 fully saturated rings. The van der Waals surface area contributed by atoms with Crippen LogP contribution in [-0.4, -0.2) is 10.2 Å². The van der Waals surface area contributed by atoms with Gasteiger partial charge in [0.2, 0.25) is 11.8 Å². The molecule has 106 valence electrons. The van der Waals surface area contributed by atoms with Crippen molar-refractivity contribution in [1.29, 1.82) is 0 Å². The molecule has 0 aliphatic heterocycles. The lowest BCUT2D eigenvalue weighted by Crippen LogP contribution is -1.99. The minimum Gasteiger partial charge on any atom is -0.419 e. The zero-order valence-electron chi connectivity index (χ0n) is 11.5. The highest BCUT2D eigenvalue weighted by Crippen LogP contribution is 2.21. The number of rotatable bonds is 4. The summed E-state index contributed by atoms with van der Waals surface area (Å²) in [6.07, 6.45) is 0. The summed E-state index contributed by atoms with van der Waals surface area (Å²) in [5.41, 5.74) is 3.12. The first kappa shape index (κ1) is 13.8. The lowest BCUT2D eigenvalue weighted by atomic mass is 10.2. The first-order valence-corrected chi connectivity index (χ1v) is 7.39. The van der Waals surface area contributed by atoms with Crippen LogP contribution in [0.4, 0.5) is 5.69 Å². The fourth-order valence-corrected chi connectivity index (χ4v) is 2.65. The Morgan fingerprint density at radius 3 is 2.67 bits per heavy atom. The number of hydrogen-bond acceptors (Lipinski definition) is 4. The average molecular weight is 344 g/mol. The van der Waals surface area contributed by atoms with Gasteiger partial charge in [0.1, 0.15) is 0 Å². The quantitative estimate of drug-likeness (QED) is 0.761. The van der Waals surface area contributed by atoms with E-state index in [0.29, 0.717) is 18.3 Å². The normalized spacial score (nSPS) is 10.6. The van der Waals surface area contributed by atoms with Gasteiger partial charge in [-0.05, 0) is 42.8 Å². The molecule has 0 aliphatic rings. The average Bonchev–Trinajstić information content (AvgIpc) is 2.94. The summed E-state index contributed by atoms with van der Waals surface area (Å²) < 4.78 is 6.70. The summed E-state index contributed by atoms with van der Waals surface area (Å²) in [4.78, 5) is 0. The van der Waals surface area contributed by atoms with Crippen molar-refractivity contribution >= 4 is 21.6 Å². The third-order valence-corrected chi connectivity index (χ3v) is 3.43. The molecular formula is C16H14BrN3O. The van der Waals surface area contributed by atoms with E-state index in [9.17, 15) is 0 Å². The van der Waals surface area contributed by atoms with Crippen LogP contribution in [-0.2, 0) is 6.54 Å². The largest absolute Gasteiger partial charge is 0.419 e. The summed E-state index contributed by atoms with van der Waals surface area (Å²) in [7, 11) is 0. The molecule has 21 heavy (non-hydrogen) atoms. The van der Waals surface area contributed by atoms with Gasteiger partial charge in [0.25, 0.3) is 0 Å². The number of benzene rings is 2. The molecule has 1 heterocycles. The molecule has 4 nitrogen and oxygen atoms in total. The SMILES string of the molecule is Cc1cc(Br)cc(NCc2nnc(-c3ccccc3)o2)c1. The van der Waals surface area contributed by atoms with Crippen LogP contribution in [0.5, 0.6) is 0 Å². The van der Waals surface area contributed by atoms with Crippen LogP contribution >= 0.6 is 15.9 Å². The number of halogens is 1. The van der Waals surface area contributed by atoms with E-state index in [1.807, 2.05) is 36.4 Å². The molecule has 3 aromatic rings. The Balaban J connectivity index is 1.70. The number of anilines is 1. The van der Waals surface area contributed by atoms with E-state index in [4.69, 9.17) is 4.42 Å². The van der Waals surface area contributed by atoms with Crippen LogP contribution in [0.3, 0.4) is 0 Å². The molecule has 0 saturated carbocycles. The zero-order chi connectivity index (χ0) is 14.7. The van der Waals surface area contributed by atoms with Gasteiger partial charge in [-0.3, -0.25) is 0 Å². The molecule has 0 spiro atoms. The van der Waals surface area contributed by atoms with Gasteiger partial charge in [0.15, 0.2) is 0 Å². The Labute approximate surface area is 131 Å². The fraction of sp³-hybridized carbons (Fsp3) is 0.125. The number of hydrogen-bond donors (Lipinski definition) is 1. The van der Waals surface area contributed by atoms with Crippen molar-refractivity contribution in [3.8, 4) is 11.5 Å². The first-order chi connectivity index (χ1) is 10.2. The van der Waals surface area contributed by atoms with E-state index in [1.165, 1.54) is 5.56 Å². The summed E-state index contributed by atoms with van der Waals surface area (Å²) in [6, 6.07) is 15.9. The summed E-state index contributed by atoms with van der Waals surface area (Å²) in [5, 5.41) is 11.4. The molecule has 5 heteroatoms. The highest BCUT2D eigenvalue weighted by Gasteiger charge is 2.07. The third-order valence-electron chi connectivity index (χ3n) is 2.97. The molecule has 1 N–H and O–H groups in total. The maximum absolute atomic E-state index is 5.66. The second-order valence-corrected chi connectivity index (χ2v) is 5.65. The van der Waals surface area contributed by atoms with Crippen LogP contribution < -0.4 is 5.32 Å². The van der Waals surface area contributed by atoms with Gasteiger partial charge in [-0.1, -0.05) is 34.1 Å². The minimum absolute atomic E-state index is 0.496. The Morgan fingerprint density at radius 2 is 1.90 bits per heavy atom. The van der Waals surface area contributed by atoms with E-state index in [-0.39, 0.29) is 0 Å². The molecule has 0 unspecified atom stereocenters. The highest BCUT2D eigenvalue weighted by atomic mass is 79.9. The molecule has 0 aliphatic carbocycles. The van der Waals surface area contributed by atoms with Crippen molar-refractivity contribution in [2.45, 2.75) is 13.5 Å². The van der Waals surface area contributed by atoms with E-state index < -0.39 is 0 Å². The van der Waals surface area contributed by atoms with E-state index in [0.717, 1.165) is 15.7 Å². The van der Waals surface area contributed by atoms with Gasteiger partial charge >= 0.3 is 0 Å². The molecule has 0 atom stereocenters. The van der Waals surface area contributed by atoms with Gasteiger partial charge in [0, 0.05) is 15.7 Å². The van der Waals surface area contributed by atoms with Gasteiger partial charge in [-0.25, -0.2) is 0 Å². The lowest BCUT2D eigenvalue weighted by Gasteiger charge is -2.05. The van der Waals surface area contributed by atoms with Crippen LogP contribution in [0, 0.1) is 6.92 Å². The zero-order valence-corrected chi connectivity index (χ0v) is 13.1. The maximum atomic E-state index is 5.66. The van der Waals surface area contributed by atoms with Gasteiger partial charge in [-0.2, -0.15) is 0 Å². The molecule has 0 amide bonds. The highest BCUT2D eigenvalue weighted by molar-refractivity contribution is 9.10. The van der Waals surface area contributed by atoms with Crippen molar-refractivity contribution < 1.29 is 4.42 Å². The summed E-state index contributed by atoms with van der Waals surface area (Å²) >= 11 is 3.48. The fourth-order valence-electron chi connectivity index (χ4n) is 2.04. The lowest BCUT2D eigenvalue weighted by molar-refractivity contribution is 0.515. The predicted molar refractivity (Wildman–Crippen MR) is 85.9 cm³/mol. The maximum Gasteiger partial charge on any atom is 0.247 e. The van der Waals surface area contributed by atoms with Crippen molar-refractivity contribution in [2.75, 3.05) is 5.32 Å². The Bertz CT molecular complexity index is 720. The predicted octanol–water partition coefficient (Wildman–Crippen LogP) is 4.42. The monoisotopic (exact) mass is 343 g/mol. The third kappa shape index (κ3) is 3.49. The van der Waals surface area contributed by atoms with E-state index in [2.05, 4.69) is 50.5 Å². The Morgan fingerprint density at radius 1 is 1.10 bits per heavy atom. The Kier molecular flexibility index (Phi) is 4.01. The first-order valence-electron chi connectivity index (χ1n) is 6.59. The number of nitrogens with one attached hydrogen (secondary N) is 1. The molecule has 3 rings (SSSR count). The smallest absolute Gasteiger partial charge is 0.247 e. The summed E-state index contributed by atoms with van der Waals surface area (Å²) in [5.74, 6) is 1.10. The molecule has 0 bridgehead atoms. The standard InChI is InChI=1S/C16H14BrN3O/c1-11-7-13(17)9-14(8-11)18-10-15-19-20-16(21-15)12-5-3-2-4-6-12/h2-9,18H,10H2,1H3. The Hall–Kier alpha value is -2.14. The number of nitrogens with zero attached hydrogens (tertiary/aromatic N) is 2. The minimum atomic E-state index is 0.496. The van der Waals surface area contributed by atoms with Crippen molar-refractivity contribution in [1.82, 2.24) is 10.2 Å². The van der Waals surface area contributed by atoms with Crippen LogP contribution in [0.25, 0.3) is 11.5 Å². The molecule has 0 radical (unpaired) electrons.